The monoisotopic (exact) mass is 335 g/mol. The third kappa shape index (κ3) is 4.14. The molecular formula is C19H17N3OS. The molecule has 0 aliphatic carbocycles. The van der Waals surface area contributed by atoms with E-state index in [2.05, 4.69) is 10.3 Å². The van der Waals surface area contributed by atoms with Gasteiger partial charge in [0.05, 0.1) is 5.69 Å². The van der Waals surface area contributed by atoms with E-state index in [1.165, 1.54) is 17.8 Å². The minimum Gasteiger partial charge on any atom is -0.329 e. The van der Waals surface area contributed by atoms with Crippen molar-refractivity contribution in [1.29, 1.82) is 0 Å². The zero-order valence-corrected chi connectivity index (χ0v) is 14.0. The minimum atomic E-state index is -0.160. The van der Waals surface area contributed by atoms with Crippen molar-refractivity contribution in [2.24, 2.45) is 7.05 Å². The van der Waals surface area contributed by atoms with Crippen LogP contribution in [0.1, 0.15) is 5.56 Å². The minimum absolute atomic E-state index is 0.160. The van der Waals surface area contributed by atoms with Crippen LogP contribution in [0.4, 0.5) is 5.69 Å². The maximum atomic E-state index is 12.2. The van der Waals surface area contributed by atoms with E-state index in [9.17, 15) is 4.79 Å². The number of para-hydroxylation sites is 1. The van der Waals surface area contributed by atoms with E-state index in [-0.39, 0.29) is 5.91 Å². The second-order valence-corrected chi connectivity index (χ2v) is 6.16. The van der Waals surface area contributed by atoms with Crippen LogP contribution >= 0.6 is 11.8 Å². The number of hydrogen-bond donors (Lipinski definition) is 1. The fourth-order valence-electron chi connectivity index (χ4n) is 2.12. The average Bonchev–Trinajstić information content (AvgIpc) is 3.01. The SMILES string of the molecule is Cn1ccnc1Sc1ccccc1NC(=O)C=Cc1ccccc1. The lowest BCUT2D eigenvalue weighted by Crippen LogP contribution is -2.08. The molecule has 1 N–H and O–H groups in total. The maximum Gasteiger partial charge on any atom is 0.248 e. The standard InChI is InChI=1S/C19H17N3OS/c1-22-14-13-20-19(22)24-17-10-6-5-9-16(17)21-18(23)12-11-15-7-3-2-4-8-15/h2-14H,1H3,(H,21,23). The normalized spacial score (nSPS) is 10.9. The highest BCUT2D eigenvalue weighted by atomic mass is 32.2. The second-order valence-electron chi connectivity index (χ2n) is 5.15. The van der Waals surface area contributed by atoms with Gasteiger partial charge in [-0.2, -0.15) is 0 Å². The summed E-state index contributed by atoms with van der Waals surface area (Å²) >= 11 is 1.52. The summed E-state index contributed by atoms with van der Waals surface area (Å²) in [7, 11) is 1.94. The van der Waals surface area contributed by atoms with Gasteiger partial charge in [-0.1, -0.05) is 42.5 Å². The van der Waals surface area contributed by atoms with E-state index >= 15 is 0 Å². The van der Waals surface area contributed by atoms with Crippen molar-refractivity contribution in [2.45, 2.75) is 10.1 Å². The van der Waals surface area contributed by atoms with Gasteiger partial charge in [-0.05, 0) is 35.5 Å². The van der Waals surface area contributed by atoms with E-state index in [0.29, 0.717) is 0 Å². The number of rotatable bonds is 5. The lowest BCUT2D eigenvalue weighted by atomic mass is 10.2. The predicted molar refractivity (Wildman–Crippen MR) is 97.9 cm³/mol. The van der Waals surface area contributed by atoms with Crippen LogP contribution in [0.25, 0.3) is 6.08 Å². The van der Waals surface area contributed by atoms with E-state index < -0.39 is 0 Å². The fourth-order valence-corrected chi connectivity index (χ4v) is 3.01. The van der Waals surface area contributed by atoms with Gasteiger partial charge in [-0.15, -0.1) is 0 Å². The van der Waals surface area contributed by atoms with Gasteiger partial charge in [0.15, 0.2) is 5.16 Å². The van der Waals surface area contributed by atoms with Crippen LogP contribution in [0.15, 0.2) is 83.1 Å². The lowest BCUT2D eigenvalue weighted by Gasteiger charge is -2.09. The molecule has 24 heavy (non-hydrogen) atoms. The first-order chi connectivity index (χ1) is 11.7. The van der Waals surface area contributed by atoms with Crippen molar-refractivity contribution >= 4 is 29.4 Å². The Balaban J connectivity index is 1.72. The van der Waals surface area contributed by atoms with Crippen LogP contribution < -0.4 is 5.32 Å². The molecule has 0 unspecified atom stereocenters. The van der Waals surface area contributed by atoms with Crippen molar-refractivity contribution < 1.29 is 4.79 Å². The Bertz CT molecular complexity index is 856. The maximum absolute atomic E-state index is 12.2. The molecule has 0 fully saturated rings. The number of benzene rings is 2. The zero-order chi connectivity index (χ0) is 16.8. The van der Waals surface area contributed by atoms with Crippen molar-refractivity contribution in [3.05, 3.63) is 78.6 Å². The first-order valence-electron chi connectivity index (χ1n) is 7.51. The molecule has 0 saturated heterocycles. The van der Waals surface area contributed by atoms with Crippen LogP contribution in [0, 0.1) is 0 Å². The molecule has 0 saturated carbocycles. The van der Waals surface area contributed by atoms with Crippen LogP contribution in [0.3, 0.4) is 0 Å². The molecule has 4 nitrogen and oxygen atoms in total. The quantitative estimate of drug-likeness (QED) is 0.710. The van der Waals surface area contributed by atoms with Gasteiger partial charge in [0.2, 0.25) is 5.91 Å². The van der Waals surface area contributed by atoms with Crippen LogP contribution in [0.5, 0.6) is 0 Å². The third-order valence-electron chi connectivity index (χ3n) is 3.35. The Morgan fingerprint density at radius 1 is 1.12 bits per heavy atom. The summed E-state index contributed by atoms with van der Waals surface area (Å²) in [5.41, 5.74) is 1.76. The Labute approximate surface area is 145 Å². The van der Waals surface area contributed by atoms with Gasteiger partial charge in [-0.3, -0.25) is 4.79 Å². The summed E-state index contributed by atoms with van der Waals surface area (Å²) in [6, 6.07) is 17.4. The molecular weight excluding hydrogens is 318 g/mol. The molecule has 1 heterocycles. The third-order valence-corrected chi connectivity index (χ3v) is 4.50. The van der Waals surface area contributed by atoms with Gasteiger partial charge in [0.1, 0.15) is 0 Å². The summed E-state index contributed by atoms with van der Waals surface area (Å²) in [6.07, 6.45) is 6.99. The molecule has 5 heteroatoms. The van der Waals surface area contributed by atoms with Crippen LogP contribution in [0.2, 0.25) is 0 Å². The van der Waals surface area contributed by atoms with E-state index in [4.69, 9.17) is 0 Å². The molecule has 1 aromatic heterocycles. The topological polar surface area (TPSA) is 46.9 Å². The second kappa shape index (κ2) is 7.66. The molecule has 1 amide bonds. The highest BCUT2D eigenvalue weighted by molar-refractivity contribution is 7.99. The lowest BCUT2D eigenvalue weighted by molar-refractivity contribution is -0.111. The van der Waals surface area contributed by atoms with Gasteiger partial charge >= 0.3 is 0 Å². The summed E-state index contributed by atoms with van der Waals surface area (Å²) in [5, 5.41) is 3.80. The molecule has 0 atom stereocenters. The summed E-state index contributed by atoms with van der Waals surface area (Å²) < 4.78 is 1.94. The summed E-state index contributed by atoms with van der Waals surface area (Å²) in [4.78, 5) is 17.4. The van der Waals surface area contributed by atoms with E-state index in [1.807, 2.05) is 72.4 Å². The Morgan fingerprint density at radius 2 is 1.88 bits per heavy atom. The van der Waals surface area contributed by atoms with Crippen molar-refractivity contribution in [3.8, 4) is 0 Å². The molecule has 0 bridgehead atoms. The molecule has 0 radical (unpaired) electrons. The van der Waals surface area contributed by atoms with Crippen molar-refractivity contribution in [1.82, 2.24) is 9.55 Å². The number of aryl methyl sites for hydroxylation is 1. The molecule has 2 aromatic carbocycles. The van der Waals surface area contributed by atoms with Crippen molar-refractivity contribution in [2.75, 3.05) is 5.32 Å². The number of carbonyl (C=O) groups is 1. The number of aromatic nitrogens is 2. The molecule has 0 aliphatic heterocycles. The van der Waals surface area contributed by atoms with Crippen molar-refractivity contribution in [3.63, 3.8) is 0 Å². The number of nitrogens with one attached hydrogen (secondary N) is 1. The first kappa shape index (κ1) is 16.1. The Kier molecular flexibility index (Phi) is 5.13. The molecule has 120 valence electrons. The number of hydrogen-bond acceptors (Lipinski definition) is 3. The number of imidazole rings is 1. The van der Waals surface area contributed by atoms with Crippen LogP contribution in [-0.2, 0) is 11.8 Å². The number of nitrogens with zero attached hydrogens (tertiary/aromatic N) is 2. The van der Waals surface area contributed by atoms with E-state index in [0.717, 1.165) is 21.3 Å². The zero-order valence-electron chi connectivity index (χ0n) is 13.2. The fraction of sp³-hybridized carbons (Fsp3) is 0.0526. The largest absolute Gasteiger partial charge is 0.329 e. The van der Waals surface area contributed by atoms with Crippen LogP contribution in [-0.4, -0.2) is 15.5 Å². The Hall–Kier alpha value is -2.79. The Morgan fingerprint density at radius 3 is 2.62 bits per heavy atom. The number of amides is 1. The predicted octanol–water partition coefficient (Wildman–Crippen LogP) is 4.22. The highest BCUT2D eigenvalue weighted by Crippen LogP contribution is 2.32. The first-order valence-corrected chi connectivity index (χ1v) is 8.32. The van der Waals surface area contributed by atoms with Gasteiger partial charge in [0, 0.05) is 30.4 Å². The van der Waals surface area contributed by atoms with Gasteiger partial charge < -0.3 is 9.88 Å². The average molecular weight is 335 g/mol. The summed E-state index contributed by atoms with van der Waals surface area (Å²) in [5.74, 6) is -0.160. The van der Waals surface area contributed by atoms with E-state index in [1.54, 1.807) is 12.3 Å². The number of carbonyl (C=O) groups excluding carboxylic acids is 1. The van der Waals surface area contributed by atoms with Gasteiger partial charge in [0.25, 0.3) is 0 Å². The smallest absolute Gasteiger partial charge is 0.248 e. The summed E-state index contributed by atoms with van der Waals surface area (Å²) in [6.45, 7) is 0. The number of anilines is 1. The van der Waals surface area contributed by atoms with Gasteiger partial charge in [-0.25, -0.2) is 4.98 Å². The molecule has 3 aromatic rings. The molecule has 0 spiro atoms. The molecule has 3 rings (SSSR count). The highest BCUT2D eigenvalue weighted by Gasteiger charge is 2.08. The molecule has 0 aliphatic rings.